The molecule has 1 aromatic rings. The Balaban J connectivity index is 1.51. The van der Waals surface area contributed by atoms with Gasteiger partial charge in [-0.1, -0.05) is 0 Å². The van der Waals surface area contributed by atoms with E-state index in [4.69, 9.17) is 9.73 Å². The van der Waals surface area contributed by atoms with Gasteiger partial charge >= 0.3 is 0 Å². The fourth-order valence-electron chi connectivity index (χ4n) is 3.38. The Hall–Kier alpha value is -2.20. The minimum Gasteiger partial charge on any atom is -0.378 e. The molecule has 1 aromatic heterocycles. The van der Waals surface area contributed by atoms with Gasteiger partial charge in [-0.15, -0.1) is 10.2 Å². The SMILES string of the molecule is CCNC(=NCc1nnc(C)n1C)N1CCN(CC(=O)N2CCOCC2)CC1. The van der Waals surface area contributed by atoms with Gasteiger partial charge in [0, 0.05) is 52.9 Å². The number of amides is 1. The maximum atomic E-state index is 12.4. The van der Waals surface area contributed by atoms with E-state index in [1.165, 1.54) is 0 Å². The van der Waals surface area contributed by atoms with Crippen LogP contribution in [-0.4, -0.2) is 107 Å². The lowest BCUT2D eigenvalue weighted by Gasteiger charge is -2.37. The van der Waals surface area contributed by atoms with Gasteiger partial charge in [-0.25, -0.2) is 4.99 Å². The van der Waals surface area contributed by atoms with Gasteiger partial charge in [0.25, 0.3) is 0 Å². The molecule has 0 radical (unpaired) electrons. The van der Waals surface area contributed by atoms with Crippen LogP contribution in [-0.2, 0) is 23.1 Å². The number of nitrogens with zero attached hydrogens (tertiary/aromatic N) is 7. The lowest BCUT2D eigenvalue weighted by Crippen LogP contribution is -2.54. The predicted molar refractivity (Wildman–Crippen MR) is 106 cm³/mol. The van der Waals surface area contributed by atoms with Crippen LogP contribution in [0.15, 0.2) is 4.99 Å². The first-order valence-corrected chi connectivity index (χ1v) is 10.0. The molecule has 2 aliphatic rings. The third-order valence-electron chi connectivity index (χ3n) is 5.28. The number of aromatic nitrogens is 3. The molecule has 10 nitrogen and oxygen atoms in total. The van der Waals surface area contributed by atoms with Crippen LogP contribution in [0.5, 0.6) is 0 Å². The number of morpholine rings is 1. The second-order valence-corrected chi connectivity index (χ2v) is 7.15. The summed E-state index contributed by atoms with van der Waals surface area (Å²) in [6.45, 7) is 11.9. The molecule has 0 spiro atoms. The first-order valence-electron chi connectivity index (χ1n) is 10.0. The van der Waals surface area contributed by atoms with Gasteiger partial charge in [-0.05, 0) is 13.8 Å². The first-order chi connectivity index (χ1) is 13.6. The highest BCUT2D eigenvalue weighted by Gasteiger charge is 2.24. The summed E-state index contributed by atoms with van der Waals surface area (Å²) in [5, 5.41) is 11.6. The number of ether oxygens (including phenoxy) is 1. The monoisotopic (exact) mass is 392 g/mol. The number of piperazine rings is 1. The fraction of sp³-hybridized carbons (Fsp3) is 0.778. The van der Waals surface area contributed by atoms with E-state index < -0.39 is 0 Å². The van der Waals surface area contributed by atoms with Crippen molar-refractivity contribution >= 4 is 11.9 Å². The zero-order valence-corrected chi connectivity index (χ0v) is 17.2. The van der Waals surface area contributed by atoms with Crippen molar-refractivity contribution in [2.75, 3.05) is 65.6 Å². The van der Waals surface area contributed by atoms with E-state index >= 15 is 0 Å². The second kappa shape index (κ2) is 9.83. The van der Waals surface area contributed by atoms with Crippen molar-refractivity contribution < 1.29 is 9.53 Å². The Labute approximate surface area is 166 Å². The Bertz CT molecular complexity index is 675. The summed E-state index contributed by atoms with van der Waals surface area (Å²) in [5.74, 6) is 2.83. The molecule has 2 fully saturated rings. The summed E-state index contributed by atoms with van der Waals surface area (Å²) < 4.78 is 7.28. The summed E-state index contributed by atoms with van der Waals surface area (Å²) in [6, 6.07) is 0. The zero-order chi connectivity index (χ0) is 19.9. The molecular formula is C18H32N8O2. The fourth-order valence-corrected chi connectivity index (χ4v) is 3.38. The predicted octanol–water partition coefficient (Wildman–Crippen LogP) is -0.935. The number of carbonyl (C=O) groups is 1. The van der Waals surface area contributed by atoms with Crippen molar-refractivity contribution in [3.63, 3.8) is 0 Å². The van der Waals surface area contributed by atoms with E-state index in [1.807, 2.05) is 23.4 Å². The molecule has 0 atom stereocenters. The molecule has 1 amide bonds. The molecule has 0 aromatic carbocycles. The first kappa shape index (κ1) is 20.5. The average molecular weight is 393 g/mol. The van der Waals surface area contributed by atoms with Gasteiger partial charge in [-0.3, -0.25) is 9.69 Å². The minimum atomic E-state index is 0.204. The number of nitrogens with one attached hydrogen (secondary N) is 1. The van der Waals surface area contributed by atoms with Gasteiger partial charge < -0.3 is 24.4 Å². The number of carbonyl (C=O) groups excluding carboxylic acids is 1. The molecule has 0 unspecified atom stereocenters. The number of aliphatic imine (C=N–C) groups is 1. The van der Waals surface area contributed by atoms with Crippen molar-refractivity contribution in [2.45, 2.75) is 20.4 Å². The lowest BCUT2D eigenvalue weighted by molar-refractivity contribution is -0.136. The zero-order valence-electron chi connectivity index (χ0n) is 17.2. The summed E-state index contributed by atoms with van der Waals surface area (Å²) >= 11 is 0. The number of aryl methyl sites for hydroxylation is 1. The third-order valence-corrected chi connectivity index (χ3v) is 5.28. The van der Waals surface area contributed by atoms with Crippen molar-refractivity contribution in [3.8, 4) is 0 Å². The molecule has 0 aliphatic carbocycles. The van der Waals surface area contributed by atoms with Crippen molar-refractivity contribution in [3.05, 3.63) is 11.6 Å². The largest absolute Gasteiger partial charge is 0.378 e. The van der Waals surface area contributed by atoms with Crippen molar-refractivity contribution in [1.29, 1.82) is 0 Å². The third kappa shape index (κ3) is 5.20. The molecule has 2 aliphatic heterocycles. The Morgan fingerprint density at radius 2 is 1.82 bits per heavy atom. The Morgan fingerprint density at radius 3 is 2.43 bits per heavy atom. The van der Waals surface area contributed by atoms with Gasteiger partial charge in [0.05, 0.1) is 19.8 Å². The van der Waals surface area contributed by atoms with Gasteiger partial charge in [-0.2, -0.15) is 0 Å². The molecule has 156 valence electrons. The standard InChI is InChI=1S/C18H32N8O2/c1-4-19-18(20-13-16-22-21-15(2)23(16)3)26-7-5-24(6-8-26)14-17(27)25-9-11-28-12-10-25/h4-14H2,1-3H3,(H,19,20). The number of hydrogen-bond acceptors (Lipinski definition) is 6. The highest BCUT2D eigenvalue weighted by molar-refractivity contribution is 5.80. The molecule has 1 N–H and O–H groups in total. The van der Waals surface area contributed by atoms with Crippen LogP contribution in [0.4, 0.5) is 0 Å². The summed E-state index contributed by atoms with van der Waals surface area (Å²) in [7, 11) is 1.96. The quantitative estimate of drug-likeness (QED) is 0.511. The van der Waals surface area contributed by atoms with Crippen LogP contribution in [0.1, 0.15) is 18.6 Å². The van der Waals surface area contributed by atoms with Crippen molar-refractivity contribution in [1.82, 2.24) is 34.8 Å². The summed E-state index contributed by atoms with van der Waals surface area (Å²) in [4.78, 5) is 23.6. The number of rotatable bonds is 5. The van der Waals surface area contributed by atoms with Crippen LogP contribution in [0, 0.1) is 6.92 Å². The molecule has 28 heavy (non-hydrogen) atoms. The van der Waals surface area contributed by atoms with E-state index in [1.54, 1.807) is 0 Å². The van der Waals surface area contributed by atoms with Gasteiger partial charge in [0.2, 0.25) is 5.91 Å². The van der Waals surface area contributed by atoms with Crippen LogP contribution in [0.25, 0.3) is 0 Å². The van der Waals surface area contributed by atoms with Crippen LogP contribution < -0.4 is 5.32 Å². The van der Waals surface area contributed by atoms with Crippen LogP contribution in [0.3, 0.4) is 0 Å². The molecule has 10 heteroatoms. The van der Waals surface area contributed by atoms with E-state index in [2.05, 4.69) is 32.2 Å². The summed E-state index contributed by atoms with van der Waals surface area (Å²) in [5.41, 5.74) is 0. The molecule has 3 heterocycles. The molecule has 3 rings (SSSR count). The van der Waals surface area contributed by atoms with Crippen LogP contribution >= 0.6 is 0 Å². The van der Waals surface area contributed by atoms with E-state index in [0.29, 0.717) is 39.4 Å². The van der Waals surface area contributed by atoms with E-state index in [-0.39, 0.29) is 5.91 Å². The molecule has 2 saturated heterocycles. The average Bonchev–Trinajstić information content (AvgIpc) is 3.04. The van der Waals surface area contributed by atoms with Crippen LogP contribution in [0.2, 0.25) is 0 Å². The highest BCUT2D eigenvalue weighted by Crippen LogP contribution is 2.06. The lowest BCUT2D eigenvalue weighted by atomic mass is 10.3. The number of guanidine groups is 1. The normalized spacial score (nSPS) is 19.2. The Kier molecular flexibility index (Phi) is 7.21. The Morgan fingerprint density at radius 1 is 1.11 bits per heavy atom. The topological polar surface area (TPSA) is 91.1 Å². The maximum absolute atomic E-state index is 12.4. The smallest absolute Gasteiger partial charge is 0.236 e. The van der Waals surface area contributed by atoms with E-state index in [9.17, 15) is 4.79 Å². The summed E-state index contributed by atoms with van der Waals surface area (Å²) in [6.07, 6.45) is 0. The van der Waals surface area contributed by atoms with Crippen molar-refractivity contribution in [2.24, 2.45) is 12.0 Å². The molecular weight excluding hydrogens is 360 g/mol. The molecule has 0 saturated carbocycles. The van der Waals surface area contributed by atoms with E-state index in [0.717, 1.165) is 50.3 Å². The highest BCUT2D eigenvalue weighted by atomic mass is 16.5. The minimum absolute atomic E-state index is 0.204. The molecule has 0 bridgehead atoms. The van der Waals surface area contributed by atoms with Gasteiger partial charge in [0.15, 0.2) is 11.8 Å². The second-order valence-electron chi connectivity index (χ2n) is 7.15. The maximum Gasteiger partial charge on any atom is 0.236 e. The number of hydrogen-bond donors (Lipinski definition) is 1. The van der Waals surface area contributed by atoms with Gasteiger partial charge in [0.1, 0.15) is 12.4 Å².